The molecule has 0 fully saturated rings. The van der Waals surface area contributed by atoms with Crippen LogP contribution in [0, 0.1) is 0 Å². The summed E-state index contributed by atoms with van der Waals surface area (Å²) in [5.74, 6) is 1.89. The van der Waals surface area contributed by atoms with Gasteiger partial charge in [-0.2, -0.15) is 0 Å². The van der Waals surface area contributed by atoms with Crippen molar-refractivity contribution in [1.82, 2.24) is 15.0 Å². The van der Waals surface area contributed by atoms with Gasteiger partial charge in [-0.3, -0.25) is 0 Å². The van der Waals surface area contributed by atoms with Crippen LogP contribution in [-0.4, -0.2) is 15.0 Å². The first kappa shape index (κ1) is 36.1. The topological polar surface area (TPSA) is 38.7 Å². The fourth-order valence-electron chi connectivity index (χ4n) is 9.51. The van der Waals surface area contributed by atoms with Crippen molar-refractivity contribution in [2.24, 2.45) is 0 Å². The molecule has 9 aromatic carbocycles. The lowest BCUT2D eigenvalue weighted by Crippen LogP contribution is -2.28. The minimum atomic E-state index is -0.537. The fraction of sp³-hybridized carbons (Fsp3) is 0.0172. The van der Waals surface area contributed by atoms with Gasteiger partial charge in [-0.25, -0.2) is 15.0 Å². The van der Waals surface area contributed by atoms with E-state index < -0.39 is 5.41 Å². The predicted molar refractivity (Wildman–Crippen MR) is 257 cm³/mol. The zero-order chi connectivity index (χ0) is 41.0. The third-order valence-electron chi connectivity index (χ3n) is 12.5. The van der Waals surface area contributed by atoms with E-state index in [-0.39, 0.29) is 0 Å². The van der Waals surface area contributed by atoms with E-state index in [4.69, 9.17) is 15.0 Å². The molecule has 0 saturated carbocycles. The quantitative estimate of drug-likeness (QED) is 0.161. The average Bonchev–Trinajstić information content (AvgIpc) is 3.88. The highest BCUT2D eigenvalue weighted by Gasteiger charge is 2.46. The molecule has 2 aromatic heterocycles. The summed E-state index contributed by atoms with van der Waals surface area (Å²) in [7, 11) is 0. The van der Waals surface area contributed by atoms with Crippen LogP contribution in [0.2, 0.25) is 0 Å². The molecular formula is C58H37N3S. The van der Waals surface area contributed by atoms with Crippen molar-refractivity contribution >= 4 is 31.5 Å². The summed E-state index contributed by atoms with van der Waals surface area (Å²) in [6, 6.07) is 80.5. The van der Waals surface area contributed by atoms with Crippen LogP contribution in [0.4, 0.5) is 0 Å². The molecular weight excluding hydrogens is 771 g/mol. The molecule has 4 heteroatoms. The lowest BCUT2D eigenvalue weighted by Gasteiger charge is -2.34. The minimum Gasteiger partial charge on any atom is -0.208 e. The summed E-state index contributed by atoms with van der Waals surface area (Å²) in [5, 5.41) is 2.61. The van der Waals surface area contributed by atoms with Crippen molar-refractivity contribution in [1.29, 1.82) is 0 Å². The van der Waals surface area contributed by atoms with E-state index in [0.29, 0.717) is 17.5 Å². The molecule has 0 unspecified atom stereocenters. The van der Waals surface area contributed by atoms with Crippen LogP contribution in [0.3, 0.4) is 0 Å². The molecule has 0 atom stereocenters. The number of fused-ring (bicyclic) bond motifs is 6. The van der Waals surface area contributed by atoms with Gasteiger partial charge in [-0.05, 0) is 73.8 Å². The third kappa shape index (κ3) is 5.91. The molecule has 0 aliphatic heterocycles. The Balaban J connectivity index is 1.01. The molecule has 1 aliphatic rings. The monoisotopic (exact) mass is 807 g/mol. The second-order valence-corrected chi connectivity index (χ2v) is 17.0. The Bertz CT molecular complexity index is 3390. The molecule has 62 heavy (non-hydrogen) atoms. The Labute approximate surface area is 364 Å². The molecule has 0 amide bonds. The predicted octanol–water partition coefficient (Wildman–Crippen LogP) is 14.9. The van der Waals surface area contributed by atoms with Crippen molar-refractivity contribution in [3.8, 4) is 67.5 Å². The molecule has 2 heterocycles. The van der Waals surface area contributed by atoms with Crippen LogP contribution in [0.25, 0.3) is 87.7 Å². The van der Waals surface area contributed by atoms with Gasteiger partial charge in [-0.15, -0.1) is 11.3 Å². The van der Waals surface area contributed by atoms with Gasteiger partial charge in [0.25, 0.3) is 0 Å². The van der Waals surface area contributed by atoms with Crippen LogP contribution in [-0.2, 0) is 5.41 Å². The number of aromatic nitrogens is 3. The average molecular weight is 808 g/mol. The van der Waals surface area contributed by atoms with Crippen LogP contribution in [0.5, 0.6) is 0 Å². The van der Waals surface area contributed by atoms with E-state index >= 15 is 0 Å². The number of benzene rings is 9. The largest absolute Gasteiger partial charge is 0.208 e. The zero-order valence-electron chi connectivity index (χ0n) is 33.6. The Morgan fingerprint density at radius 3 is 1.40 bits per heavy atom. The van der Waals surface area contributed by atoms with E-state index in [1.165, 1.54) is 64.7 Å². The molecule has 3 nitrogen and oxygen atoms in total. The van der Waals surface area contributed by atoms with E-state index in [1.54, 1.807) is 0 Å². The SMILES string of the molecule is c1ccc(-c2ccc(-c3nc(-c4ccc(-c5ccc6c(c5)sc5ccccc56)cc4)nc(-c4ccc5c(c4)C(c4ccccc4)(c4ccccc4)c4ccccc4-5)n3)cc2)cc1. The Morgan fingerprint density at radius 2 is 0.742 bits per heavy atom. The van der Waals surface area contributed by atoms with Crippen molar-refractivity contribution < 1.29 is 0 Å². The van der Waals surface area contributed by atoms with E-state index in [2.05, 4.69) is 218 Å². The number of hydrogen-bond donors (Lipinski definition) is 0. The van der Waals surface area contributed by atoms with Crippen molar-refractivity contribution in [2.75, 3.05) is 0 Å². The van der Waals surface area contributed by atoms with Gasteiger partial charge in [-0.1, -0.05) is 206 Å². The molecule has 0 N–H and O–H groups in total. The third-order valence-corrected chi connectivity index (χ3v) is 13.6. The Hall–Kier alpha value is -7.79. The maximum atomic E-state index is 5.28. The van der Waals surface area contributed by atoms with E-state index in [1.807, 2.05) is 17.4 Å². The Morgan fingerprint density at radius 1 is 0.290 bits per heavy atom. The summed E-state index contributed by atoms with van der Waals surface area (Å²) < 4.78 is 2.60. The van der Waals surface area contributed by atoms with Gasteiger partial charge in [0.2, 0.25) is 0 Å². The van der Waals surface area contributed by atoms with Gasteiger partial charge in [0.1, 0.15) is 0 Å². The first-order valence-electron chi connectivity index (χ1n) is 21.0. The smallest absolute Gasteiger partial charge is 0.164 e. The number of hydrogen-bond acceptors (Lipinski definition) is 4. The lowest BCUT2D eigenvalue weighted by molar-refractivity contribution is 0.768. The number of thiophene rings is 1. The van der Waals surface area contributed by atoms with Gasteiger partial charge < -0.3 is 0 Å². The van der Waals surface area contributed by atoms with E-state index in [9.17, 15) is 0 Å². The van der Waals surface area contributed by atoms with Gasteiger partial charge in [0.15, 0.2) is 17.5 Å². The first-order valence-corrected chi connectivity index (χ1v) is 21.8. The van der Waals surface area contributed by atoms with Crippen LogP contribution >= 0.6 is 11.3 Å². The maximum absolute atomic E-state index is 5.28. The summed E-state index contributed by atoms with van der Waals surface area (Å²) in [5.41, 5.74) is 14.3. The number of nitrogens with zero attached hydrogens (tertiary/aromatic N) is 3. The molecule has 290 valence electrons. The molecule has 0 saturated heterocycles. The summed E-state index contributed by atoms with van der Waals surface area (Å²) in [6.45, 7) is 0. The maximum Gasteiger partial charge on any atom is 0.164 e. The normalized spacial score (nSPS) is 12.6. The second kappa shape index (κ2) is 14.7. The summed E-state index contributed by atoms with van der Waals surface area (Å²) in [6.07, 6.45) is 0. The minimum absolute atomic E-state index is 0.537. The molecule has 12 rings (SSSR count). The standard InChI is InChI=1S/C58H37N3S/c1-4-14-38(15-5-1)39-24-28-41(29-25-39)55-59-56(42-30-26-40(27-31-42)43-32-35-50-49-21-11-13-23-53(49)62-54(50)37-43)61-57(60-55)44-33-34-48-47-20-10-12-22-51(47)58(52(48)36-44,45-16-6-2-7-17-45)46-18-8-3-9-19-46/h1-37H. The number of rotatable bonds is 7. The van der Waals surface area contributed by atoms with Crippen molar-refractivity contribution in [3.63, 3.8) is 0 Å². The second-order valence-electron chi connectivity index (χ2n) is 15.9. The van der Waals surface area contributed by atoms with Crippen LogP contribution in [0.1, 0.15) is 22.3 Å². The molecule has 0 bridgehead atoms. The van der Waals surface area contributed by atoms with Crippen LogP contribution in [0.15, 0.2) is 224 Å². The Kier molecular flexibility index (Phi) is 8.58. The highest BCUT2D eigenvalue weighted by molar-refractivity contribution is 7.25. The fourth-order valence-corrected chi connectivity index (χ4v) is 10.7. The lowest BCUT2D eigenvalue weighted by atomic mass is 9.67. The molecule has 0 radical (unpaired) electrons. The first-order chi connectivity index (χ1) is 30.7. The zero-order valence-corrected chi connectivity index (χ0v) is 34.4. The van der Waals surface area contributed by atoms with Crippen molar-refractivity contribution in [3.05, 3.63) is 247 Å². The van der Waals surface area contributed by atoms with Gasteiger partial charge in [0, 0.05) is 36.9 Å². The van der Waals surface area contributed by atoms with Crippen LogP contribution < -0.4 is 0 Å². The summed E-state index contributed by atoms with van der Waals surface area (Å²) >= 11 is 1.84. The highest BCUT2D eigenvalue weighted by Crippen LogP contribution is 2.56. The van der Waals surface area contributed by atoms with Crippen molar-refractivity contribution in [2.45, 2.75) is 5.41 Å². The van der Waals surface area contributed by atoms with Gasteiger partial charge in [0.05, 0.1) is 5.41 Å². The highest BCUT2D eigenvalue weighted by atomic mass is 32.1. The van der Waals surface area contributed by atoms with E-state index in [0.717, 1.165) is 27.8 Å². The molecule has 11 aromatic rings. The van der Waals surface area contributed by atoms with Gasteiger partial charge >= 0.3 is 0 Å². The summed E-state index contributed by atoms with van der Waals surface area (Å²) in [4.78, 5) is 15.7. The molecule has 1 aliphatic carbocycles. The molecule has 0 spiro atoms.